The molecule has 2 aromatic rings. The predicted molar refractivity (Wildman–Crippen MR) is 112 cm³/mol. The molecule has 1 saturated heterocycles. The normalized spacial score (nSPS) is 25.1. The Hall–Kier alpha value is -2.36. The number of nitrogens with one attached hydrogen (secondary N) is 2. The Morgan fingerprint density at radius 2 is 2.03 bits per heavy atom. The number of amides is 1. The molecule has 170 valence electrons. The summed E-state index contributed by atoms with van der Waals surface area (Å²) in [6.45, 7) is 2.11. The van der Waals surface area contributed by atoms with Gasteiger partial charge in [0.05, 0.1) is 5.39 Å². The van der Waals surface area contributed by atoms with Crippen molar-refractivity contribution in [3.05, 3.63) is 18.6 Å². The van der Waals surface area contributed by atoms with Gasteiger partial charge in [-0.1, -0.05) is 0 Å². The van der Waals surface area contributed by atoms with Crippen LogP contribution >= 0.6 is 0 Å². The molecule has 1 amide bonds. The fourth-order valence-corrected chi connectivity index (χ4v) is 4.92. The van der Waals surface area contributed by atoms with Gasteiger partial charge in [-0.2, -0.15) is 13.2 Å². The van der Waals surface area contributed by atoms with Gasteiger partial charge < -0.3 is 20.1 Å². The summed E-state index contributed by atoms with van der Waals surface area (Å²) < 4.78 is 37.2. The molecule has 2 aliphatic rings. The van der Waals surface area contributed by atoms with Gasteiger partial charge in [0.1, 0.15) is 17.8 Å². The van der Waals surface area contributed by atoms with Crippen molar-refractivity contribution in [2.75, 3.05) is 31.6 Å². The van der Waals surface area contributed by atoms with Crippen LogP contribution in [0.25, 0.3) is 11.0 Å². The van der Waals surface area contributed by atoms with Gasteiger partial charge in [-0.05, 0) is 57.1 Å². The summed E-state index contributed by atoms with van der Waals surface area (Å²) in [5.74, 6) is -0.243. The van der Waals surface area contributed by atoms with Gasteiger partial charge >= 0.3 is 12.1 Å². The Bertz CT molecular complexity index is 893. The monoisotopic (exact) mass is 438 g/mol. The molecule has 0 bridgehead atoms. The number of nitrogens with zero attached hydrogens (tertiary/aromatic N) is 4. The minimum atomic E-state index is -4.81. The van der Waals surface area contributed by atoms with E-state index in [0.717, 1.165) is 62.0 Å². The average molecular weight is 438 g/mol. The first-order valence-electron chi connectivity index (χ1n) is 10.9. The first-order chi connectivity index (χ1) is 14.8. The van der Waals surface area contributed by atoms with Crippen LogP contribution in [0.15, 0.2) is 18.6 Å². The summed E-state index contributed by atoms with van der Waals surface area (Å²) in [4.78, 5) is 27.4. The zero-order valence-electron chi connectivity index (χ0n) is 17.7. The third-order valence-corrected chi connectivity index (χ3v) is 6.75. The number of hydrogen-bond acceptors (Lipinski definition) is 5. The van der Waals surface area contributed by atoms with Crippen molar-refractivity contribution in [2.24, 2.45) is 5.92 Å². The number of carbonyl (C=O) groups is 1. The molecular formula is C21H29F3N6O. The van der Waals surface area contributed by atoms with Crippen molar-refractivity contribution >= 4 is 22.8 Å². The van der Waals surface area contributed by atoms with Crippen LogP contribution in [0.5, 0.6) is 0 Å². The number of anilines is 1. The van der Waals surface area contributed by atoms with Crippen molar-refractivity contribution in [1.29, 1.82) is 0 Å². The van der Waals surface area contributed by atoms with E-state index in [-0.39, 0.29) is 0 Å². The largest absolute Gasteiger partial charge is 0.471 e. The van der Waals surface area contributed by atoms with Crippen LogP contribution in [0.4, 0.5) is 19.0 Å². The molecule has 0 aromatic carbocycles. The van der Waals surface area contributed by atoms with Gasteiger partial charge in [-0.3, -0.25) is 4.79 Å². The highest BCUT2D eigenvalue weighted by atomic mass is 19.4. The van der Waals surface area contributed by atoms with E-state index in [2.05, 4.69) is 37.1 Å². The lowest BCUT2D eigenvalue weighted by atomic mass is 9.83. The Balaban J connectivity index is 1.20. The van der Waals surface area contributed by atoms with Gasteiger partial charge in [0, 0.05) is 38.4 Å². The molecule has 7 nitrogen and oxygen atoms in total. The van der Waals surface area contributed by atoms with E-state index in [1.807, 2.05) is 12.3 Å². The number of carbonyl (C=O) groups excluding carboxylic acids is 1. The highest BCUT2D eigenvalue weighted by Gasteiger charge is 2.40. The van der Waals surface area contributed by atoms with Crippen LogP contribution in [-0.4, -0.2) is 70.7 Å². The van der Waals surface area contributed by atoms with Gasteiger partial charge in [-0.15, -0.1) is 0 Å². The van der Waals surface area contributed by atoms with E-state index in [1.54, 1.807) is 6.33 Å². The fraction of sp³-hybridized carbons (Fsp3) is 0.667. The highest BCUT2D eigenvalue weighted by molar-refractivity contribution is 5.87. The molecular weight excluding hydrogens is 409 g/mol. The SMILES string of the molecule is CN(c1ncnc2[nH]ccc12)C1CCC(CCN2CCC(NC(=O)C(F)(F)F)C2)CC1. The van der Waals surface area contributed by atoms with E-state index < -0.39 is 18.1 Å². The molecule has 2 fully saturated rings. The van der Waals surface area contributed by atoms with Crippen LogP contribution in [0.3, 0.4) is 0 Å². The summed E-state index contributed by atoms with van der Waals surface area (Å²) in [5, 5.41) is 3.14. The van der Waals surface area contributed by atoms with Crippen molar-refractivity contribution in [2.45, 2.75) is 56.8 Å². The summed E-state index contributed by atoms with van der Waals surface area (Å²) >= 11 is 0. The topological polar surface area (TPSA) is 77.2 Å². The van der Waals surface area contributed by atoms with Gasteiger partial charge in [0.15, 0.2) is 0 Å². The summed E-state index contributed by atoms with van der Waals surface area (Å²) in [5.41, 5.74) is 0.848. The quantitative estimate of drug-likeness (QED) is 0.725. The second-order valence-corrected chi connectivity index (χ2v) is 8.77. The second kappa shape index (κ2) is 9.02. The third kappa shape index (κ3) is 5.11. The maximum Gasteiger partial charge on any atom is 0.471 e. The number of alkyl halides is 3. The standard InChI is InChI=1S/C21H29F3N6O/c1-29(19-17-6-9-25-18(17)26-13-27-19)16-4-2-14(3-5-16)7-10-30-11-8-15(12-30)28-20(31)21(22,23)24/h6,9,13-16H,2-5,7-8,10-12H2,1H3,(H,28,31)(H,25,26,27). The highest BCUT2D eigenvalue weighted by Crippen LogP contribution is 2.33. The van der Waals surface area contributed by atoms with Crippen LogP contribution in [0.2, 0.25) is 0 Å². The first kappa shape index (κ1) is 21.9. The number of fused-ring (bicyclic) bond motifs is 1. The Morgan fingerprint density at radius 3 is 2.77 bits per heavy atom. The Kier molecular flexibility index (Phi) is 6.36. The van der Waals surface area contributed by atoms with E-state index >= 15 is 0 Å². The van der Waals surface area contributed by atoms with Gasteiger partial charge in [0.2, 0.25) is 0 Å². The number of rotatable bonds is 6. The van der Waals surface area contributed by atoms with E-state index in [1.165, 1.54) is 0 Å². The lowest BCUT2D eigenvalue weighted by molar-refractivity contribution is -0.174. The van der Waals surface area contributed by atoms with Gasteiger partial charge in [-0.25, -0.2) is 9.97 Å². The summed E-state index contributed by atoms with van der Waals surface area (Å²) in [6, 6.07) is 2.04. The number of aromatic amines is 1. The minimum Gasteiger partial charge on any atom is -0.356 e. The van der Waals surface area contributed by atoms with E-state index in [9.17, 15) is 18.0 Å². The molecule has 1 unspecified atom stereocenters. The Morgan fingerprint density at radius 1 is 1.26 bits per heavy atom. The maximum atomic E-state index is 12.4. The molecule has 10 heteroatoms. The lowest BCUT2D eigenvalue weighted by Gasteiger charge is -2.36. The average Bonchev–Trinajstić information content (AvgIpc) is 3.40. The summed E-state index contributed by atoms with van der Waals surface area (Å²) in [7, 11) is 2.10. The number of hydrogen-bond donors (Lipinski definition) is 2. The van der Waals surface area contributed by atoms with Crippen molar-refractivity contribution in [1.82, 2.24) is 25.2 Å². The second-order valence-electron chi connectivity index (χ2n) is 8.77. The fourth-order valence-electron chi connectivity index (χ4n) is 4.92. The number of halogens is 3. The molecule has 2 N–H and O–H groups in total. The lowest BCUT2D eigenvalue weighted by Crippen LogP contribution is -2.44. The van der Waals surface area contributed by atoms with Crippen LogP contribution in [0.1, 0.15) is 38.5 Å². The maximum absolute atomic E-state index is 12.4. The molecule has 0 spiro atoms. The van der Waals surface area contributed by atoms with Crippen LogP contribution < -0.4 is 10.2 Å². The molecule has 3 heterocycles. The minimum absolute atomic E-state index is 0.406. The summed E-state index contributed by atoms with van der Waals surface area (Å²) in [6.07, 6.45) is 4.76. The van der Waals surface area contributed by atoms with Crippen LogP contribution in [0, 0.1) is 5.92 Å². The van der Waals surface area contributed by atoms with E-state index in [0.29, 0.717) is 24.9 Å². The molecule has 31 heavy (non-hydrogen) atoms. The van der Waals surface area contributed by atoms with Crippen LogP contribution in [-0.2, 0) is 4.79 Å². The Labute approximate surface area is 179 Å². The van der Waals surface area contributed by atoms with E-state index in [4.69, 9.17) is 0 Å². The molecule has 4 rings (SSSR count). The zero-order chi connectivity index (χ0) is 22.0. The smallest absolute Gasteiger partial charge is 0.356 e. The van der Waals surface area contributed by atoms with Crippen molar-refractivity contribution in [3.8, 4) is 0 Å². The zero-order valence-corrected chi connectivity index (χ0v) is 17.7. The molecule has 1 atom stereocenters. The molecule has 1 aliphatic heterocycles. The number of likely N-dealkylation sites (tertiary alicyclic amines) is 1. The van der Waals surface area contributed by atoms with Crippen molar-refractivity contribution < 1.29 is 18.0 Å². The van der Waals surface area contributed by atoms with Crippen molar-refractivity contribution in [3.63, 3.8) is 0 Å². The first-order valence-corrected chi connectivity index (χ1v) is 10.9. The number of aromatic nitrogens is 3. The molecule has 2 aromatic heterocycles. The molecule has 1 aliphatic carbocycles. The number of H-pyrrole nitrogens is 1. The third-order valence-electron chi connectivity index (χ3n) is 6.75. The predicted octanol–water partition coefficient (Wildman–Crippen LogP) is 3.10. The molecule has 0 radical (unpaired) electrons. The van der Waals surface area contributed by atoms with Gasteiger partial charge in [0.25, 0.3) is 0 Å². The molecule has 1 saturated carbocycles.